The first kappa shape index (κ1) is 8.73. The highest BCUT2D eigenvalue weighted by molar-refractivity contribution is 8.01. The normalized spacial score (nSPS) is 32.6. The van der Waals surface area contributed by atoms with E-state index in [1.54, 1.807) is 11.8 Å². The van der Waals surface area contributed by atoms with Crippen LogP contribution in [-0.4, -0.2) is 25.2 Å². The van der Waals surface area contributed by atoms with Crippen molar-refractivity contribution in [2.75, 3.05) is 11.5 Å². The molecular formula is C9H10NO2S2+. The summed E-state index contributed by atoms with van der Waals surface area (Å²) < 4.78 is 25.0. The zero-order valence-electron chi connectivity index (χ0n) is 7.46. The molecule has 0 N–H and O–H groups in total. The van der Waals surface area contributed by atoms with Crippen LogP contribution in [0.2, 0.25) is 0 Å². The van der Waals surface area contributed by atoms with Gasteiger partial charge >= 0.3 is 0 Å². The summed E-state index contributed by atoms with van der Waals surface area (Å²) in [6, 6.07) is 6.17. The van der Waals surface area contributed by atoms with Gasteiger partial charge < -0.3 is 0 Å². The van der Waals surface area contributed by atoms with Crippen molar-refractivity contribution in [2.45, 2.75) is 16.3 Å². The summed E-state index contributed by atoms with van der Waals surface area (Å²) in [5.74, 6) is 0.649. The molecule has 3 nitrogen and oxygen atoms in total. The Hall–Kier alpha value is -0.550. The number of sulfone groups is 1. The van der Waals surface area contributed by atoms with E-state index in [4.69, 9.17) is 0 Å². The molecule has 0 aromatic carbocycles. The van der Waals surface area contributed by atoms with Crippen LogP contribution < -0.4 is 4.57 Å². The van der Waals surface area contributed by atoms with E-state index in [9.17, 15) is 8.42 Å². The molecule has 0 spiro atoms. The summed E-state index contributed by atoms with van der Waals surface area (Å²) in [6.45, 7) is 0. The summed E-state index contributed by atoms with van der Waals surface area (Å²) in [7, 11) is -2.79. The van der Waals surface area contributed by atoms with Gasteiger partial charge in [0, 0.05) is 12.1 Å². The minimum absolute atomic E-state index is 0.168. The van der Waals surface area contributed by atoms with Crippen LogP contribution in [0, 0.1) is 0 Å². The molecule has 14 heavy (non-hydrogen) atoms. The highest BCUT2D eigenvalue weighted by atomic mass is 32.2. The Morgan fingerprint density at radius 1 is 1.36 bits per heavy atom. The number of nitrogens with zero attached hydrogens (tertiary/aromatic N) is 1. The van der Waals surface area contributed by atoms with Crippen LogP contribution in [0.25, 0.3) is 0 Å². The first-order valence-corrected chi connectivity index (χ1v) is 7.23. The lowest BCUT2D eigenvalue weighted by atomic mass is 10.2. The molecule has 2 aliphatic rings. The lowest BCUT2D eigenvalue weighted by molar-refractivity contribution is -0.745. The van der Waals surface area contributed by atoms with Gasteiger partial charge in [-0.05, 0) is 17.8 Å². The molecule has 3 heterocycles. The molecule has 1 aromatic rings. The molecule has 1 saturated heterocycles. The molecular weight excluding hydrogens is 218 g/mol. The van der Waals surface area contributed by atoms with Crippen LogP contribution in [0.4, 0.5) is 0 Å². The van der Waals surface area contributed by atoms with Crippen molar-refractivity contribution in [1.82, 2.24) is 0 Å². The van der Waals surface area contributed by atoms with Gasteiger partial charge in [-0.1, -0.05) is 0 Å². The molecule has 74 valence electrons. The van der Waals surface area contributed by atoms with E-state index >= 15 is 0 Å². The number of hydrogen-bond donors (Lipinski definition) is 0. The van der Waals surface area contributed by atoms with Crippen LogP contribution in [-0.2, 0) is 9.84 Å². The van der Waals surface area contributed by atoms with Gasteiger partial charge in [-0.15, -0.1) is 0 Å². The molecule has 1 aromatic heterocycles. The fraction of sp³-hybridized carbons (Fsp3) is 0.444. The Kier molecular flexibility index (Phi) is 1.70. The molecule has 0 aliphatic carbocycles. The number of fused-ring (bicyclic) bond motifs is 3. The molecule has 0 amide bonds. The second kappa shape index (κ2) is 2.73. The van der Waals surface area contributed by atoms with Crippen molar-refractivity contribution in [3.8, 4) is 0 Å². The van der Waals surface area contributed by atoms with Gasteiger partial charge in [0.25, 0.3) is 0 Å². The number of aromatic nitrogens is 1. The standard InChI is InChI=1S/C9H10NO2S2/c11-14(12)5-7-8(6-14)13-9-3-1-2-4-10(7)9/h1-4,7-8H,5-6H2/q+1/t7-,8-/m0/s1. The highest BCUT2D eigenvalue weighted by Gasteiger charge is 2.50. The van der Waals surface area contributed by atoms with Crippen molar-refractivity contribution in [2.24, 2.45) is 0 Å². The number of pyridine rings is 1. The summed E-state index contributed by atoms with van der Waals surface area (Å²) >= 11 is 1.69. The molecule has 2 aliphatic heterocycles. The second-order valence-electron chi connectivity index (χ2n) is 3.75. The largest absolute Gasteiger partial charge is 0.240 e. The molecule has 2 atom stereocenters. The molecule has 0 radical (unpaired) electrons. The maximum absolute atomic E-state index is 11.4. The third kappa shape index (κ3) is 1.19. The molecule has 3 rings (SSSR count). The van der Waals surface area contributed by atoms with E-state index in [0.29, 0.717) is 11.5 Å². The predicted molar refractivity (Wildman–Crippen MR) is 54.0 cm³/mol. The minimum Gasteiger partial charge on any atom is -0.229 e. The Labute approximate surface area is 87.1 Å². The van der Waals surface area contributed by atoms with Gasteiger partial charge in [0.05, 0.1) is 11.0 Å². The number of rotatable bonds is 0. The maximum atomic E-state index is 11.4. The van der Waals surface area contributed by atoms with E-state index in [0.717, 1.165) is 0 Å². The Balaban J connectivity index is 2.08. The van der Waals surface area contributed by atoms with Crippen molar-refractivity contribution in [3.63, 3.8) is 0 Å². The zero-order valence-corrected chi connectivity index (χ0v) is 9.09. The van der Waals surface area contributed by atoms with Gasteiger partial charge in [-0.3, -0.25) is 0 Å². The summed E-state index contributed by atoms with van der Waals surface area (Å²) in [5.41, 5.74) is 0. The third-order valence-electron chi connectivity index (χ3n) is 2.75. The third-order valence-corrected chi connectivity index (χ3v) is 6.05. The van der Waals surface area contributed by atoms with Crippen LogP contribution in [0.1, 0.15) is 6.04 Å². The van der Waals surface area contributed by atoms with Crippen LogP contribution >= 0.6 is 11.8 Å². The summed E-state index contributed by atoms with van der Waals surface area (Å²) in [6.07, 6.45) is 1.98. The van der Waals surface area contributed by atoms with Crippen LogP contribution in [0.5, 0.6) is 0 Å². The highest BCUT2D eigenvalue weighted by Crippen LogP contribution is 2.39. The lowest BCUT2D eigenvalue weighted by Crippen LogP contribution is -2.40. The van der Waals surface area contributed by atoms with Gasteiger partial charge in [-0.25, -0.2) is 8.42 Å². The van der Waals surface area contributed by atoms with Crippen molar-refractivity contribution < 1.29 is 13.0 Å². The van der Waals surface area contributed by atoms with Gasteiger partial charge in [-0.2, -0.15) is 4.57 Å². The van der Waals surface area contributed by atoms with Crippen molar-refractivity contribution in [1.29, 1.82) is 0 Å². The van der Waals surface area contributed by atoms with Crippen LogP contribution in [0.3, 0.4) is 0 Å². The smallest absolute Gasteiger partial charge is 0.229 e. The summed E-state index contributed by atoms with van der Waals surface area (Å²) in [5, 5.41) is 1.43. The Bertz CT molecular complexity index is 483. The first-order chi connectivity index (χ1) is 6.66. The summed E-state index contributed by atoms with van der Waals surface area (Å²) in [4.78, 5) is 0. The lowest BCUT2D eigenvalue weighted by Gasteiger charge is -1.98. The van der Waals surface area contributed by atoms with E-state index in [2.05, 4.69) is 10.6 Å². The molecule has 0 unspecified atom stereocenters. The Morgan fingerprint density at radius 3 is 3.07 bits per heavy atom. The minimum atomic E-state index is -2.79. The second-order valence-corrected chi connectivity index (χ2v) is 7.16. The van der Waals surface area contributed by atoms with Gasteiger partial charge in [0.1, 0.15) is 5.75 Å². The number of thioether (sulfide) groups is 1. The van der Waals surface area contributed by atoms with Crippen molar-refractivity contribution >= 4 is 21.6 Å². The predicted octanol–water partition coefficient (Wildman–Crippen LogP) is 0.418. The average Bonchev–Trinajstić information content (AvgIpc) is 2.56. The SMILES string of the molecule is O=S1(=O)C[C@@H]2Sc3cccc[n+]3[C@H]2C1. The fourth-order valence-corrected chi connectivity index (χ4v) is 6.10. The average molecular weight is 228 g/mol. The molecule has 0 bridgehead atoms. The maximum Gasteiger partial charge on any atom is 0.240 e. The van der Waals surface area contributed by atoms with Crippen molar-refractivity contribution in [3.05, 3.63) is 24.4 Å². The molecule has 0 saturated carbocycles. The van der Waals surface area contributed by atoms with Crippen LogP contribution in [0.15, 0.2) is 29.4 Å². The topological polar surface area (TPSA) is 38.0 Å². The first-order valence-electron chi connectivity index (χ1n) is 4.53. The Morgan fingerprint density at radius 2 is 2.21 bits per heavy atom. The number of hydrogen-bond acceptors (Lipinski definition) is 3. The van der Waals surface area contributed by atoms with E-state index < -0.39 is 9.84 Å². The van der Waals surface area contributed by atoms with E-state index in [1.165, 1.54) is 5.03 Å². The monoisotopic (exact) mass is 228 g/mol. The zero-order chi connectivity index (χ0) is 9.76. The van der Waals surface area contributed by atoms with E-state index in [-0.39, 0.29) is 11.3 Å². The fourth-order valence-electron chi connectivity index (χ4n) is 2.14. The molecule has 1 fully saturated rings. The van der Waals surface area contributed by atoms with E-state index in [1.807, 2.05) is 18.3 Å². The quantitative estimate of drug-likeness (QED) is 0.604. The van der Waals surface area contributed by atoms with Gasteiger partial charge in [0.15, 0.2) is 22.1 Å². The molecule has 5 heteroatoms. The van der Waals surface area contributed by atoms with Gasteiger partial charge in [0.2, 0.25) is 5.03 Å².